The molecule has 9 heteroatoms. The zero-order valence-corrected chi connectivity index (χ0v) is 20.6. The molecule has 0 radical (unpaired) electrons. The second kappa shape index (κ2) is 9.87. The third kappa shape index (κ3) is 4.68. The third-order valence-electron chi connectivity index (χ3n) is 6.35. The van der Waals surface area contributed by atoms with Crippen LogP contribution in [0.4, 0.5) is 5.69 Å². The number of pyridine rings is 1. The van der Waals surface area contributed by atoms with Gasteiger partial charge in [0, 0.05) is 17.4 Å². The smallest absolute Gasteiger partial charge is 0.335 e. The average molecular weight is 514 g/mol. The summed E-state index contributed by atoms with van der Waals surface area (Å²) in [6, 6.07) is 20.5. The van der Waals surface area contributed by atoms with Crippen LogP contribution in [0.1, 0.15) is 56.7 Å². The summed E-state index contributed by atoms with van der Waals surface area (Å²) < 4.78 is 6.26. The molecular weight excluding hydrogens is 490 g/mol. The van der Waals surface area contributed by atoms with Crippen LogP contribution in [-0.2, 0) is 6.42 Å². The van der Waals surface area contributed by atoms with Crippen LogP contribution in [0.2, 0.25) is 0 Å². The van der Waals surface area contributed by atoms with Gasteiger partial charge in [-0.05, 0) is 78.8 Å². The number of benzene rings is 2. The maximum atomic E-state index is 11.6. The van der Waals surface area contributed by atoms with Crippen molar-refractivity contribution in [1.82, 2.24) is 10.3 Å². The second-order valence-corrected chi connectivity index (χ2v) is 9.01. The molecule has 3 N–H and O–H groups in total. The van der Waals surface area contributed by atoms with Crippen molar-refractivity contribution in [1.29, 1.82) is 0 Å². The van der Waals surface area contributed by atoms with E-state index >= 15 is 0 Å². The Bertz CT molecular complexity index is 1450. The molecule has 2 atom stereocenters. The molecule has 0 bridgehead atoms. The minimum absolute atomic E-state index is 0.138. The van der Waals surface area contributed by atoms with Gasteiger partial charge in [-0.2, -0.15) is 0 Å². The fraction of sp³-hybridized carbons (Fsp3) is 0.143. The Morgan fingerprint density at radius 2 is 1.70 bits per heavy atom. The summed E-state index contributed by atoms with van der Waals surface area (Å²) in [6.45, 7) is 2.09. The van der Waals surface area contributed by atoms with Gasteiger partial charge in [-0.3, -0.25) is 4.98 Å². The van der Waals surface area contributed by atoms with Gasteiger partial charge in [0.25, 0.3) is 0 Å². The van der Waals surface area contributed by atoms with Crippen LogP contribution in [-0.4, -0.2) is 32.2 Å². The van der Waals surface area contributed by atoms with Gasteiger partial charge in [0.2, 0.25) is 0 Å². The number of aryl methyl sites for hydroxylation is 1. The summed E-state index contributed by atoms with van der Waals surface area (Å²) in [5, 5.41) is 22.8. The molecule has 0 spiro atoms. The van der Waals surface area contributed by atoms with E-state index in [-0.39, 0.29) is 17.2 Å². The van der Waals surface area contributed by atoms with E-state index in [1.807, 2.05) is 35.2 Å². The highest BCUT2D eigenvalue weighted by Gasteiger charge is 2.42. The highest BCUT2D eigenvalue weighted by Crippen LogP contribution is 2.43. The normalized spacial score (nSPS) is 17.0. The first-order valence-corrected chi connectivity index (χ1v) is 12.1. The van der Waals surface area contributed by atoms with Gasteiger partial charge in [-0.15, -0.1) is 0 Å². The molecule has 2 aromatic carbocycles. The Kier molecular flexibility index (Phi) is 6.45. The topological polar surface area (TPSA) is 116 Å². The number of rotatable bonds is 7. The molecule has 0 aliphatic carbocycles. The first-order valence-electron chi connectivity index (χ1n) is 11.7. The Morgan fingerprint density at radius 1 is 1.00 bits per heavy atom. The van der Waals surface area contributed by atoms with Crippen LogP contribution in [0.25, 0.3) is 11.3 Å². The molecule has 3 heterocycles. The van der Waals surface area contributed by atoms with E-state index in [0.717, 1.165) is 23.9 Å². The van der Waals surface area contributed by atoms with Crippen molar-refractivity contribution in [3.05, 3.63) is 107 Å². The highest BCUT2D eigenvalue weighted by atomic mass is 32.1. The van der Waals surface area contributed by atoms with Crippen LogP contribution in [0.15, 0.2) is 83.4 Å². The quantitative estimate of drug-likeness (QED) is 0.276. The molecule has 1 fully saturated rings. The van der Waals surface area contributed by atoms with Crippen molar-refractivity contribution in [2.45, 2.75) is 25.4 Å². The molecule has 5 rings (SSSR count). The number of thiocarbonyl (C=S) groups is 1. The molecule has 0 unspecified atom stereocenters. The summed E-state index contributed by atoms with van der Waals surface area (Å²) in [4.78, 5) is 29.7. The maximum absolute atomic E-state index is 11.6. The lowest BCUT2D eigenvalue weighted by molar-refractivity contribution is 0.0696. The lowest BCUT2D eigenvalue weighted by Crippen LogP contribution is -2.29. The van der Waals surface area contributed by atoms with Crippen molar-refractivity contribution in [2.75, 3.05) is 4.90 Å². The number of nitrogens with one attached hydrogen (secondary N) is 1. The predicted molar refractivity (Wildman–Crippen MR) is 142 cm³/mol. The van der Waals surface area contributed by atoms with Gasteiger partial charge >= 0.3 is 11.9 Å². The summed E-state index contributed by atoms with van der Waals surface area (Å²) in [5.74, 6) is -1.54. The van der Waals surface area contributed by atoms with Crippen LogP contribution in [0, 0.1) is 0 Å². The molecule has 1 saturated heterocycles. The van der Waals surface area contributed by atoms with Gasteiger partial charge in [0.15, 0.2) is 5.11 Å². The van der Waals surface area contributed by atoms with Gasteiger partial charge in [-0.1, -0.05) is 25.1 Å². The number of carbonyl (C=O) groups is 2. The van der Waals surface area contributed by atoms with E-state index in [4.69, 9.17) is 16.6 Å². The number of aromatic carboxylic acids is 2. The number of furan rings is 1. The van der Waals surface area contributed by atoms with Crippen molar-refractivity contribution in [3.63, 3.8) is 0 Å². The summed E-state index contributed by atoms with van der Waals surface area (Å²) in [7, 11) is 0. The van der Waals surface area contributed by atoms with Gasteiger partial charge in [0.05, 0.1) is 22.9 Å². The number of anilines is 1. The molecule has 8 nitrogen and oxygen atoms in total. The molecule has 1 aliphatic heterocycles. The Balaban J connectivity index is 1.60. The predicted octanol–water partition coefficient (Wildman–Crippen LogP) is 5.48. The van der Waals surface area contributed by atoms with Crippen molar-refractivity contribution in [3.8, 4) is 11.3 Å². The van der Waals surface area contributed by atoms with E-state index < -0.39 is 18.0 Å². The monoisotopic (exact) mass is 513 g/mol. The number of hydrogen-bond acceptors (Lipinski definition) is 5. The van der Waals surface area contributed by atoms with E-state index in [2.05, 4.69) is 29.4 Å². The summed E-state index contributed by atoms with van der Waals surface area (Å²) >= 11 is 5.74. The van der Waals surface area contributed by atoms with E-state index in [1.165, 1.54) is 17.7 Å². The largest absolute Gasteiger partial charge is 0.478 e. The molecular formula is C28H23N3O5S. The first-order chi connectivity index (χ1) is 17.9. The average Bonchev–Trinajstić information content (AvgIpc) is 3.53. The second-order valence-electron chi connectivity index (χ2n) is 8.63. The SMILES string of the molecule is CCc1ccc(N2C(=S)N[C@@H](c3ccccn3)[C@@H]2c2ccc(-c3cc(C(=O)O)cc(C(=O)O)c3)o2)cc1. The lowest BCUT2D eigenvalue weighted by atomic mass is 10.0. The van der Waals surface area contributed by atoms with Gasteiger partial charge in [-0.25, -0.2) is 9.59 Å². The van der Waals surface area contributed by atoms with Crippen molar-refractivity contribution in [2.24, 2.45) is 0 Å². The lowest BCUT2D eigenvalue weighted by Gasteiger charge is -2.26. The Morgan fingerprint density at radius 3 is 2.30 bits per heavy atom. The van der Waals surface area contributed by atoms with Gasteiger partial charge < -0.3 is 24.8 Å². The maximum Gasteiger partial charge on any atom is 0.335 e. The molecule has 0 saturated carbocycles. The molecule has 2 aromatic heterocycles. The molecule has 4 aromatic rings. The molecule has 37 heavy (non-hydrogen) atoms. The van der Waals surface area contributed by atoms with Crippen LogP contribution < -0.4 is 10.2 Å². The number of hydrogen-bond donors (Lipinski definition) is 3. The van der Waals surface area contributed by atoms with E-state index in [1.54, 1.807) is 18.3 Å². The van der Waals surface area contributed by atoms with Crippen LogP contribution >= 0.6 is 12.2 Å². The number of carboxylic acids is 2. The molecule has 1 aliphatic rings. The number of aromatic nitrogens is 1. The minimum Gasteiger partial charge on any atom is -0.478 e. The van der Waals surface area contributed by atoms with Gasteiger partial charge in [0.1, 0.15) is 17.6 Å². The van der Waals surface area contributed by atoms with Crippen molar-refractivity contribution < 1.29 is 24.2 Å². The fourth-order valence-electron chi connectivity index (χ4n) is 4.50. The Labute approximate surface area is 218 Å². The number of nitrogens with zero attached hydrogens (tertiary/aromatic N) is 2. The van der Waals surface area contributed by atoms with E-state index in [0.29, 0.717) is 22.2 Å². The van der Waals surface area contributed by atoms with Crippen LogP contribution in [0.5, 0.6) is 0 Å². The third-order valence-corrected chi connectivity index (χ3v) is 6.67. The minimum atomic E-state index is -1.22. The summed E-state index contributed by atoms with van der Waals surface area (Å²) in [6.07, 6.45) is 2.63. The highest BCUT2D eigenvalue weighted by molar-refractivity contribution is 7.80. The van der Waals surface area contributed by atoms with Crippen LogP contribution in [0.3, 0.4) is 0 Å². The standard InChI is InChI=1S/C28H23N3O5S/c1-2-16-6-8-20(9-7-16)31-25(24(30-28(31)37)21-5-3-4-12-29-21)23-11-10-22(36-23)17-13-18(26(32)33)15-19(14-17)27(34)35/h3-15,24-25H,2H2,1H3,(H,30,37)(H,32,33)(H,34,35)/t24-,25-/m0/s1. The van der Waals surface area contributed by atoms with E-state index in [9.17, 15) is 19.8 Å². The first kappa shape index (κ1) is 24.2. The zero-order chi connectivity index (χ0) is 26.1. The van der Waals surface area contributed by atoms with Crippen molar-refractivity contribution >= 4 is 35.0 Å². The Hall–Kier alpha value is -4.50. The molecule has 0 amide bonds. The fourth-order valence-corrected chi connectivity index (χ4v) is 4.84. The molecule has 186 valence electrons. The number of carboxylic acid groups (broad SMARTS) is 2. The zero-order valence-electron chi connectivity index (χ0n) is 19.8. The summed E-state index contributed by atoms with van der Waals surface area (Å²) in [5.41, 5.74) is 2.94.